The number of imide groups is 2. The van der Waals surface area contributed by atoms with Crippen LogP contribution in [0.5, 0.6) is 0 Å². The van der Waals surface area contributed by atoms with Gasteiger partial charge in [0.1, 0.15) is 11.3 Å². The second-order valence-electron chi connectivity index (χ2n) is 4.81. The van der Waals surface area contributed by atoms with Gasteiger partial charge in [-0.3, -0.25) is 14.9 Å². The molecule has 3 rings (SSSR count). The number of amides is 4. The summed E-state index contributed by atoms with van der Waals surface area (Å²) in [6.07, 6.45) is 2.74. The molecule has 1 aromatic heterocycles. The lowest BCUT2D eigenvalue weighted by molar-refractivity contribution is -0.122. The molecular formula is C16H12N2O4. The third kappa shape index (κ3) is 2.42. The van der Waals surface area contributed by atoms with Crippen molar-refractivity contribution in [2.24, 2.45) is 0 Å². The lowest BCUT2D eigenvalue weighted by atomic mass is 10.1. The number of carbonyl (C=O) groups excluding carboxylic acids is 3. The van der Waals surface area contributed by atoms with Gasteiger partial charge in [0.05, 0.1) is 12.0 Å². The van der Waals surface area contributed by atoms with Crippen molar-refractivity contribution >= 4 is 29.6 Å². The van der Waals surface area contributed by atoms with E-state index in [9.17, 15) is 14.4 Å². The number of urea groups is 1. The minimum absolute atomic E-state index is 0.156. The Hall–Kier alpha value is -3.15. The Morgan fingerprint density at radius 3 is 2.64 bits per heavy atom. The number of benzene rings is 1. The first kappa shape index (κ1) is 13.8. The number of hydrogen-bond donors (Lipinski definition) is 1. The van der Waals surface area contributed by atoms with Crippen molar-refractivity contribution in [3.8, 4) is 0 Å². The summed E-state index contributed by atoms with van der Waals surface area (Å²) in [6.45, 7) is 1.85. The fraction of sp³-hybridized carbons (Fsp3) is 0.0625. The van der Waals surface area contributed by atoms with Gasteiger partial charge in [-0.05, 0) is 42.8 Å². The quantitative estimate of drug-likeness (QED) is 0.681. The van der Waals surface area contributed by atoms with Gasteiger partial charge in [0.25, 0.3) is 11.8 Å². The molecule has 1 fully saturated rings. The Balaban J connectivity index is 2.03. The van der Waals surface area contributed by atoms with Crippen molar-refractivity contribution in [2.75, 3.05) is 4.90 Å². The highest BCUT2D eigenvalue weighted by Crippen LogP contribution is 2.22. The van der Waals surface area contributed by atoms with E-state index in [4.69, 9.17) is 4.42 Å². The topological polar surface area (TPSA) is 79.6 Å². The van der Waals surface area contributed by atoms with Crippen LogP contribution in [0.4, 0.5) is 10.5 Å². The largest absolute Gasteiger partial charge is 0.465 e. The van der Waals surface area contributed by atoms with E-state index in [1.807, 2.05) is 13.0 Å². The molecule has 22 heavy (non-hydrogen) atoms. The molecule has 1 aromatic carbocycles. The van der Waals surface area contributed by atoms with Crippen molar-refractivity contribution in [1.82, 2.24) is 5.32 Å². The number of carbonyl (C=O) groups is 3. The molecule has 0 atom stereocenters. The zero-order chi connectivity index (χ0) is 15.7. The molecule has 1 N–H and O–H groups in total. The van der Waals surface area contributed by atoms with Crippen LogP contribution in [0.3, 0.4) is 0 Å². The standard InChI is InChI=1S/C16H12N2O4/c1-10-4-2-5-11(8-10)18-15(20)13(14(19)17-16(18)21)9-12-6-3-7-22-12/h2-9H,1H3,(H,17,19,21)/b13-9+. The van der Waals surface area contributed by atoms with E-state index in [0.29, 0.717) is 11.4 Å². The van der Waals surface area contributed by atoms with E-state index in [1.54, 1.807) is 30.3 Å². The fourth-order valence-electron chi connectivity index (χ4n) is 2.17. The molecule has 1 aliphatic heterocycles. The highest BCUT2D eigenvalue weighted by atomic mass is 16.3. The van der Waals surface area contributed by atoms with E-state index < -0.39 is 17.8 Å². The second-order valence-corrected chi connectivity index (χ2v) is 4.81. The van der Waals surface area contributed by atoms with Gasteiger partial charge in [-0.2, -0.15) is 0 Å². The average molecular weight is 296 g/mol. The number of nitrogens with one attached hydrogen (secondary N) is 1. The molecule has 0 bridgehead atoms. The van der Waals surface area contributed by atoms with Gasteiger partial charge in [0.2, 0.25) is 0 Å². The van der Waals surface area contributed by atoms with E-state index in [0.717, 1.165) is 10.5 Å². The Bertz CT molecular complexity index is 790. The van der Waals surface area contributed by atoms with Crippen LogP contribution < -0.4 is 10.2 Å². The van der Waals surface area contributed by atoms with E-state index in [-0.39, 0.29) is 5.57 Å². The first-order chi connectivity index (χ1) is 10.6. The zero-order valence-corrected chi connectivity index (χ0v) is 11.7. The summed E-state index contributed by atoms with van der Waals surface area (Å²) in [4.78, 5) is 37.3. The monoisotopic (exact) mass is 296 g/mol. The van der Waals surface area contributed by atoms with Crippen LogP contribution in [0.25, 0.3) is 6.08 Å². The van der Waals surface area contributed by atoms with E-state index in [2.05, 4.69) is 5.32 Å². The first-order valence-corrected chi connectivity index (χ1v) is 6.58. The van der Waals surface area contributed by atoms with Crippen LogP contribution in [-0.4, -0.2) is 17.8 Å². The maximum Gasteiger partial charge on any atom is 0.335 e. The summed E-state index contributed by atoms with van der Waals surface area (Å²) in [5.41, 5.74) is 1.14. The van der Waals surface area contributed by atoms with Crippen LogP contribution in [0.2, 0.25) is 0 Å². The fourth-order valence-corrected chi connectivity index (χ4v) is 2.17. The molecule has 0 spiro atoms. The average Bonchev–Trinajstić information content (AvgIpc) is 2.96. The van der Waals surface area contributed by atoms with Crippen LogP contribution in [-0.2, 0) is 9.59 Å². The third-order valence-electron chi connectivity index (χ3n) is 3.19. The number of nitrogens with zero attached hydrogens (tertiary/aromatic N) is 1. The van der Waals surface area contributed by atoms with Gasteiger partial charge >= 0.3 is 6.03 Å². The highest BCUT2D eigenvalue weighted by molar-refractivity contribution is 6.39. The maximum atomic E-state index is 12.5. The number of hydrogen-bond acceptors (Lipinski definition) is 4. The molecule has 1 saturated heterocycles. The predicted molar refractivity (Wildman–Crippen MR) is 78.9 cm³/mol. The molecule has 0 saturated carbocycles. The van der Waals surface area contributed by atoms with Crippen LogP contribution in [0.1, 0.15) is 11.3 Å². The van der Waals surface area contributed by atoms with Gasteiger partial charge in [-0.15, -0.1) is 0 Å². The summed E-state index contributed by atoms with van der Waals surface area (Å²) in [5.74, 6) is -1.07. The molecule has 1 aliphatic rings. The van der Waals surface area contributed by atoms with Gasteiger partial charge in [-0.1, -0.05) is 12.1 Å². The summed E-state index contributed by atoms with van der Waals surface area (Å²) in [7, 11) is 0. The van der Waals surface area contributed by atoms with Crippen LogP contribution in [0, 0.1) is 6.92 Å². The molecule has 0 unspecified atom stereocenters. The van der Waals surface area contributed by atoms with Crippen molar-refractivity contribution in [1.29, 1.82) is 0 Å². The number of anilines is 1. The van der Waals surface area contributed by atoms with Crippen LogP contribution in [0.15, 0.2) is 52.7 Å². The Labute approximate surface area is 126 Å². The molecule has 6 heteroatoms. The Kier molecular flexibility index (Phi) is 3.34. The molecule has 2 heterocycles. The molecule has 110 valence electrons. The smallest absolute Gasteiger partial charge is 0.335 e. The Morgan fingerprint density at radius 1 is 1.14 bits per heavy atom. The summed E-state index contributed by atoms with van der Waals surface area (Å²) >= 11 is 0. The summed E-state index contributed by atoms with van der Waals surface area (Å²) < 4.78 is 5.11. The first-order valence-electron chi connectivity index (χ1n) is 6.58. The number of furan rings is 1. The van der Waals surface area contributed by atoms with Gasteiger partial charge < -0.3 is 4.42 Å². The van der Waals surface area contributed by atoms with Crippen molar-refractivity contribution < 1.29 is 18.8 Å². The minimum atomic E-state index is -0.766. The van der Waals surface area contributed by atoms with Gasteiger partial charge in [-0.25, -0.2) is 9.69 Å². The number of barbiturate groups is 1. The minimum Gasteiger partial charge on any atom is -0.465 e. The van der Waals surface area contributed by atoms with Crippen molar-refractivity contribution in [2.45, 2.75) is 6.92 Å². The summed E-state index contributed by atoms with van der Waals surface area (Å²) in [6, 6.07) is 9.39. The summed E-state index contributed by atoms with van der Waals surface area (Å²) in [5, 5.41) is 2.16. The second kappa shape index (κ2) is 5.33. The zero-order valence-electron chi connectivity index (χ0n) is 11.7. The highest BCUT2D eigenvalue weighted by Gasteiger charge is 2.36. The molecular weight excluding hydrogens is 284 g/mol. The number of rotatable bonds is 2. The third-order valence-corrected chi connectivity index (χ3v) is 3.19. The van der Waals surface area contributed by atoms with E-state index >= 15 is 0 Å². The number of aryl methyl sites for hydroxylation is 1. The van der Waals surface area contributed by atoms with Crippen LogP contribution >= 0.6 is 0 Å². The van der Waals surface area contributed by atoms with Crippen molar-refractivity contribution in [3.05, 3.63) is 59.6 Å². The van der Waals surface area contributed by atoms with Crippen molar-refractivity contribution in [3.63, 3.8) is 0 Å². The van der Waals surface area contributed by atoms with Gasteiger partial charge in [0.15, 0.2) is 0 Å². The molecule has 0 radical (unpaired) electrons. The molecule has 0 aliphatic carbocycles. The Morgan fingerprint density at radius 2 is 1.95 bits per heavy atom. The SMILES string of the molecule is Cc1cccc(N2C(=O)NC(=O)/C(=C\c3ccco3)C2=O)c1. The maximum absolute atomic E-state index is 12.5. The molecule has 6 nitrogen and oxygen atoms in total. The van der Waals surface area contributed by atoms with E-state index in [1.165, 1.54) is 12.3 Å². The lowest BCUT2D eigenvalue weighted by Crippen LogP contribution is -2.54. The van der Waals surface area contributed by atoms with Gasteiger partial charge in [0, 0.05) is 0 Å². The molecule has 4 amide bonds. The molecule has 2 aromatic rings. The lowest BCUT2D eigenvalue weighted by Gasteiger charge is -2.26. The normalized spacial score (nSPS) is 17.0. The predicted octanol–water partition coefficient (Wildman–Crippen LogP) is 2.25.